The summed E-state index contributed by atoms with van der Waals surface area (Å²) >= 11 is 0. The normalized spacial score (nSPS) is 28.7. The summed E-state index contributed by atoms with van der Waals surface area (Å²) < 4.78 is 33.6. The van der Waals surface area contributed by atoms with Crippen LogP contribution in [0.2, 0.25) is 0 Å². The van der Waals surface area contributed by atoms with Gasteiger partial charge in [0.25, 0.3) is 35.4 Å². The van der Waals surface area contributed by atoms with Crippen LogP contribution in [0.3, 0.4) is 0 Å². The van der Waals surface area contributed by atoms with Crippen LogP contribution in [-0.4, -0.2) is 144 Å². The minimum absolute atomic E-state index is 0.0292. The first kappa shape index (κ1) is 69.7. The van der Waals surface area contributed by atoms with E-state index in [0.717, 1.165) is 0 Å². The molecule has 1 heterocycles. The highest BCUT2D eigenvalue weighted by atomic mass is 16.6. The van der Waals surface area contributed by atoms with Crippen LogP contribution in [0.5, 0.6) is 0 Å². The Morgan fingerprint density at radius 3 is 0.769 bits per heavy atom. The summed E-state index contributed by atoms with van der Waals surface area (Å²) in [5.41, 5.74) is 0. The van der Waals surface area contributed by atoms with Gasteiger partial charge in [0.15, 0.2) is 36.6 Å². The molecule has 0 saturated carbocycles. The maximum atomic E-state index is 13.9. The van der Waals surface area contributed by atoms with E-state index in [4.69, 9.17) is 28.4 Å². The fraction of sp³-hybridized carbons (Fsp3) is 0.778. The number of amides is 6. The summed E-state index contributed by atoms with van der Waals surface area (Å²) in [6.45, 7) is 29.8. The van der Waals surface area contributed by atoms with Gasteiger partial charge in [-0.15, -0.1) is 0 Å². The van der Waals surface area contributed by atoms with Crippen LogP contribution in [0.1, 0.15) is 157 Å². The van der Waals surface area contributed by atoms with E-state index in [1.165, 1.54) is 34.6 Å². The second-order valence-electron chi connectivity index (χ2n) is 22.6. The van der Waals surface area contributed by atoms with Crippen molar-refractivity contribution in [1.29, 1.82) is 0 Å². The van der Waals surface area contributed by atoms with Gasteiger partial charge in [-0.25, -0.2) is 28.8 Å². The number of carbonyl (C=O) groups excluding carboxylic acids is 12. The SMILES string of the molecule is CC[C@@H]1OC(=O)[C@@H](C)NC(=O)[C@@H](CC(C)C)OC(=O)[C@H](C(C)C)NC(=O)[C@H](C(C)C)OC(=O)[C@@H](C)NC(=O)[C@@H](CC(C)C)OC(=O)[C@H](C(C)C)NC(=O)[C@H](C(C)C)OC(=O)[C@@H](C)NC(=O)[C@@H](CC(C)C)OC(=O)[C@H](C)NC1=O. The Morgan fingerprint density at radius 1 is 0.308 bits per heavy atom. The molecule has 0 spiro atoms. The van der Waals surface area contributed by atoms with E-state index in [1.807, 2.05) is 0 Å². The van der Waals surface area contributed by atoms with Gasteiger partial charge in [-0.05, 0) is 94.8 Å². The summed E-state index contributed by atoms with van der Waals surface area (Å²) in [6.07, 6.45) is -9.18. The van der Waals surface area contributed by atoms with Crippen LogP contribution in [0.25, 0.3) is 0 Å². The van der Waals surface area contributed by atoms with Crippen LogP contribution >= 0.6 is 0 Å². The first-order chi connectivity index (χ1) is 36.0. The molecule has 444 valence electrons. The average molecular weight is 1110 g/mol. The van der Waals surface area contributed by atoms with E-state index in [2.05, 4.69) is 31.9 Å². The Morgan fingerprint density at radius 2 is 0.538 bits per heavy atom. The molecule has 0 unspecified atom stereocenters. The fourth-order valence-electron chi connectivity index (χ4n) is 7.51. The predicted molar refractivity (Wildman–Crippen MR) is 282 cm³/mol. The molecular formula is C54H90N6O18. The first-order valence-corrected chi connectivity index (χ1v) is 27.1. The third kappa shape index (κ3) is 22.9. The standard InChI is InChI=1S/C54H90N6O18/c1-20-35-43(61)55-32(17)50(68)74-36(21-24(2)3)44(62)57-33(18)51(69)77-41(29(12)13)47(65)60-40(28(10)11)54(72)76-38(23-26(6)7)46(64)58-34(19)52(70)78-42(30(14)15)48(66)59-39(27(8)9)53(71)75-37(22-25(4)5)45(63)56-31(16)49(67)73-35/h24-42H,20-23H2,1-19H3,(H,55,61)(H,56,63)(H,57,62)(H,58,64)(H,59,66)(H,60,65)/t31-,32+,33-,34-,35+,36-,37-,38-,39+,40+,41+,42+/m1/s1. The molecule has 0 bridgehead atoms. The maximum absolute atomic E-state index is 13.9. The lowest BCUT2D eigenvalue weighted by atomic mass is 10.0. The molecule has 6 amide bonds. The molecule has 24 nitrogen and oxygen atoms in total. The van der Waals surface area contributed by atoms with Gasteiger partial charge in [-0.1, -0.05) is 104 Å². The third-order valence-corrected chi connectivity index (χ3v) is 12.1. The highest BCUT2D eigenvalue weighted by Crippen LogP contribution is 2.19. The summed E-state index contributed by atoms with van der Waals surface area (Å²) in [6, 6.07) is -8.42. The van der Waals surface area contributed by atoms with Crippen LogP contribution in [0.15, 0.2) is 0 Å². The Balaban J connectivity index is 3.82. The first-order valence-electron chi connectivity index (χ1n) is 27.1. The Labute approximate surface area is 459 Å². The lowest BCUT2D eigenvalue weighted by molar-refractivity contribution is -0.167. The predicted octanol–water partition coefficient (Wildman–Crippen LogP) is 2.63. The van der Waals surface area contributed by atoms with Crippen molar-refractivity contribution in [3.63, 3.8) is 0 Å². The zero-order valence-corrected chi connectivity index (χ0v) is 49.1. The molecule has 1 fully saturated rings. The van der Waals surface area contributed by atoms with Crippen molar-refractivity contribution >= 4 is 71.3 Å². The van der Waals surface area contributed by atoms with Gasteiger partial charge >= 0.3 is 35.8 Å². The van der Waals surface area contributed by atoms with Crippen molar-refractivity contribution < 1.29 is 86.0 Å². The van der Waals surface area contributed by atoms with E-state index in [0.29, 0.717) is 0 Å². The van der Waals surface area contributed by atoms with Gasteiger partial charge in [0.05, 0.1) is 0 Å². The van der Waals surface area contributed by atoms with Crippen molar-refractivity contribution in [3.8, 4) is 0 Å². The maximum Gasteiger partial charge on any atom is 0.329 e. The number of nitrogens with one attached hydrogen (secondary N) is 6. The van der Waals surface area contributed by atoms with Crippen LogP contribution in [-0.2, 0) is 86.0 Å². The van der Waals surface area contributed by atoms with Crippen molar-refractivity contribution in [3.05, 3.63) is 0 Å². The van der Waals surface area contributed by atoms with E-state index in [9.17, 15) is 57.5 Å². The van der Waals surface area contributed by atoms with Crippen molar-refractivity contribution in [2.45, 2.75) is 230 Å². The largest absolute Gasteiger partial charge is 0.451 e. The zero-order valence-electron chi connectivity index (χ0n) is 49.1. The minimum Gasteiger partial charge on any atom is -0.451 e. The topological polar surface area (TPSA) is 332 Å². The molecule has 0 aromatic heterocycles. The highest BCUT2D eigenvalue weighted by molar-refractivity contribution is 5.95. The molecular weight excluding hydrogens is 1020 g/mol. The van der Waals surface area contributed by atoms with E-state index < -0.39 is 168 Å². The molecule has 1 rings (SSSR count). The van der Waals surface area contributed by atoms with Crippen LogP contribution in [0, 0.1) is 41.4 Å². The van der Waals surface area contributed by atoms with E-state index in [-0.39, 0.29) is 43.4 Å². The van der Waals surface area contributed by atoms with Crippen molar-refractivity contribution in [1.82, 2.24) is 31.9 Å². The summed E-state index contributed by atoms with van der Waals surface area (Å²) in [5, 5.41) is 14.9. The summed E-state index contributed by atoms with van der Waals surface area (Å²) in [5.74, 6) is -15.1. The second-order valence-corrected chi connectivity index (χ2v) is 22.6. The summed E-state index contributed by atoms with van der Waals surface area (Å²) in [4.78, 5) is 164. The van der Waals surface area contributed by atoms with Crippen LogP contribution < -0.4 is 31.9 Å². The average Bonchev–Trinajstić information content (AvgIpc) is 3.32. The number of cyclic esters (lactones) is 6. The third-order valence-electron chi connectivity index (χ3n) is 12.1. The second kappa shape index (κ2) is 32.5. The number of rotatable bonds is 11. The number of esters is 6. The quantitative estimate of drug-likeness (QED) is 0.128. The zero-order chi connectivity index (χ0) is 60.2. The number of ether oxygens (including phenoxy) is 6. The van der Waals surface area contributed by atoms with E-state index >= 15 is 0 Å². The van der Waals surface area contributed by atoms with Gasteiger partial charge in [-0.2, -0.15) is 0 Å². The number of hydrogen-bond donors (Lipinski definition) is 6. The molecule has 6 N–H and O–H groups in total. The fourth-order valence-corrected chi connectivity index (χ4v) is 7.51. The Hall–Kier alpha value is -6.36. The molecule has 12 atom stereocenters. The highest BCUT2D eigenvalue weighted by Gasteiger charge is 2.40. The molecule has 0 aliphatic carbocycles. The molecule has 0 aromatic carbocycles. The molecule has 78 heavy (non-hydrogen) atoms. The number of hydrogen-bond acceptors (Lipinski definition) is 18. The van der Waals surface area contributed by atoms with E-state index in [1.54, 1.807) is 96.9 Å². The van der Waals surface area contributed by atoms with Gasteiger partial charge in [0, 0.05) is 0 Å². The Bertz CT molecular complexity index is 2110. The molecule has 1 aliphatic rings. The molecule has 24 heteroatoms. The number of carbonyl (C=O) groups is 12. The van der Waals surface area contributed by atoms with Gasteiger partial charge < -0.3 is 60.3 Å². The monoisotopic (exact) mass is 1110 g/mol. The summed E-state index contributed by atoms with van der Waals surface area (Å²) in [7, 11) is 0. The van der Waals surface area contributed by atoms with Crippen molar-refractivity contribution in [2.24, 2.45) is 41.4 Å². The lowest BCUT2D eigenvalue weighted by Gasteiger charge is -2.29. The lowest BCUT2D eigenvalue weighted by Crippen LogP contribution is -2.55. The molecule has 0 aromatic rings. The van der Waals surface area contributed by atoms with Gasteiger partial charge in [0.1, 0.15) is 36.3 Å². The molecule has 1 aliphatic heterocycles. The van der Waals surface area contributed by atoms with Gasteiger partial charge in [-0.3, -0.25) is 28.8 Å². The van der Waals surface area contributed by atoms with Crippen LogP contribution in [0.4, 0.5) is 0 Å². The molecule has 1 saturated heterocycles. The minimum atomic E-state index is -1.52. The van der Waals surface area contributed by atoms with Gasteiger partial charge in [0.2, 0.25) is 0 Å². The van der Waals surface area contributed by atoms with Crippen molar-refractivity contribution in [2.75, 3.05) is 0 Å². The Kier molecular flexibility index (Phi) is 29.0. The smallest absolute Gasteiger partial charge is 0.329 e. The molecule has 0 radical (unpaired) electrons.